The van der Waals surface area contributed by atoms with Crippen molar-refractivity contribution in [2.75, 3.05) is 13.1 Å². The van der Waals surface area contributed by atoms with Crippen molar-refractivity contribution in [3.8, 4) is 0 Å². The second-order valence-corrected chi connectivity index (χ2v) is 4.67. The molecule has 1 saturated heterocycles. The van der Waals surface area contributed by atoms with Crippen LogP contribution in [0.3, 0.4) is 0 Å². The number of nitrogens with zero attached hydrogens (tertiary/aromatic N) is 1. The molecule has 1 atom stereocenters. The SMILES string of the molecule is CC(C)(O)CN1CC(S)CC1=O. The van der Waals surface area contributed by atoms with E-state index >= 15 is 0 Å². The van der Waals surface area contributed by atoms with E-state index in [0.717, 1.165) is 0 Å². The molecule has 0 aromatic carbocycles. The van der Waals surface area contributed by atoms with E-state index in [2.05, 4.69) is 12.6 Å². The summed E-state index contributed by atoms with van der Waals surface area (Å²) in [7, 11) is 0. The van der Waals surface area contributed by atoms with Gasteiger partial charge in [-0.05, 0) is 13.8 Å². The van der Waals surface area contributed by atoms with Crippen LogP contribution in [0.25, 0.3) is 0 Å². The molecule has 0 bridgehead atoms. The molecule has 12 heavy (non-hydrogen) atoms. The highest BCUT2D eigenvalue weighted by Gasteiger charge is 2.30. The second-order valence-electron chi connectivity index (χ2n) is 3.94. The Kier molecular flexibility index (Phi) is 2.68. The van der Waals surface area contributed by atoms with Crippen molar-refractivity contribution in [2.24, 2.45) is 0 Å². The van der Waals surface area contributed by atoms with Gasteiger partial charge in [0.25, 0.3) is 0 Å². The quantitative estimate of drug-likeness (QED) is 0.613. The zero-order valence-corrected chi connectivity index (χ0v) is 8.34. The number of rotatable bonds is 2. The third-order valence-corrected chi connectivity index (χ3v) is 2.12. The van der Waals surface area contributed by atoms with Crippen molar-refractivity contribution >= 4 is 18.5 Å². The summed E-state index contributed by atoms with van der Waals surface area (Å²) in [6, 6.07) is 0. The van der Waals surface area contributed by atoms with Crippen LogP contribution in [-0.4, -0.2) is 39.9 Å². The largest absolute Gasteiger partial charge is 0.389 e. The number of hydrogen-bond donors (Lipinski definition) is 2. The lowest BCUT2D eigenvalue weighted by Crippen LogP contribution is -2.39. The van der Waals surface area contributed by atoms with Gasteiger partial charge in [-0.3, -0.25) is 4.79 Å². The number of aliphatic hydroxyl groups is 1. The van der Waals surface area contributed by atoms with Gasteiger partial charge in [-0.1, -0.05) is 0 Å². The van der Waals surface area contributed by atoms with Crippen LogP contribution in [-0.2, 0) is 4.79 Å². The summed E-state index contributed by atoms with van der Waals surface area (Å²) in [4.78, 5) is 12.9. The van der Waals surface area contributed by atoms with Gasteiger partial charge < -0.3 is 10.0 Å². The van der Waals surface area contributed by atoms with Crippen LogP contribution in [0, 0.1) is 0 Å². The lowest BCUT2D eigenvalue weighted by atomic mass is 10.1. The van der Waals surface area contributed by atoms with Crippen LogP contribution >= 0.6 is 12.6 Å². The molecule has 4 heteroatoms. The number of carbonyl (C=O) groups excluding carboxylic acids is 1. The fourth-order valence-electron chi connectivity index (χ4n) is 1.37. The minimum absolute atomic E-state index is 0.0946. The summed E-state index contributed by atoms with van der Waals surface area (Å²) in [5.41, 5.74) is -0.798. The Morgan fingerprint density at radius 1 is 1.75 bits per heavy atom. The Morgan fingerprint density at radius 3 is 2.67 bits per heavy atom. The lowest BCUT2D eigenvalue weighted by Gasteiger charge is -2.25. The zero-order chi connectivity index (χ0) is 9.35. The van der Waals surface area contributed by atoms with Crippen LogP contribution < -0.4 is 0 Å². The maximum absolute atomic E-state index is 11.2. The molecule has 0 radical (unpaired) electrons. The third-order valence-electron chi connectivity index (χ3n) is 1.77. The predicted octanol–water partition coefficient (Wildman–Crippen LogP) is 0.288. The summed E-state index contributed by atoms with van der Waals surface area (Å²) in [6.45, 7) is 4.47. The average Bonchev–Trinajstić information content (AvgIpc) is 2.06. The molecule has 0 aromatic heterocycles. The maximum Gasteiger partial charge on any atom is 0.223 e. The van der Waals surface area contributed by atoms with E-state index in [4.69, 9.17) is 0 Å². The number of β-amino-alcohol motifs (C(OH)–C–C–N with tert-alkyl or cyclic N) is 1. The van der Waals surface area contributed by atoms with Gasteiger partial charge in [-0.25, -0.2) is 0 Å². The van der Waals surface area contributed by atoms with Gasteiger partial charge in [0.15, 0.2) is 0 Å². The standard InChI is InChI=1S/C8H15NO2S/c1-8(2,11)5-9-4-6(12)3-7(9)10/h6,11-12H,3-5H2,1-2H3. The van der Waals surface area contributed by atoms with E-state index in [1.54, 1.807) is 18.7 Å². The number of thiol groups is 1. The molecule has 3 nitrogen and oxygen atoms in total. The minimum atomic E-state index is -0.798. The first-order valence-electron chi connectivity index (χ1n) is 4.07. The number of hydrogen-bond acceptors (Lipinski definition) is 3. The molecule has 0 aliphatic carbocycles. The van der Waals surface area contributed by atoms with Crippen LogP contribution in [0.1, 0.15) is 20.3 Å². The molecule has 0 spiro atoms. The van der Waals surface area contributed by atoms with Gasteiger partial charge in [0.05, 0.1) is 5.60 Å². The van der Waals surface area contributed by atoms with Crippen LogP contribution in [0.4, 0.5) is 0 Å². The number of carbonyl (C=O) groups is 1. The van der Waals surface area contributed by atoms with Gasteiger partial charge in [-0.2, -0.15) is 12.6 Å². The first-order valence-corrected chi connectivity index (χ1v) is 4.58. The summed E-state index contributed by atoms with van der Waals surface area (Å²) >= 11 is 4.22. The van der Waals surface area contributed by atoms with Crippen LogP contribution in [0.2, 0.25) is 0 Å². The number of amides is 1. The molecule has 0 aromatic rings. The van der Waals surface area contributed by atoms with E-state index in [1.165, 1.54) is 0 Å². The van der Waals surface area contributed by atoms with Gasteiger partial charge in [0.1, 0.15) is 0 Å². The second kappa shape index (κ2) is 3.26. The Bertz CT molecular complexity index is 188. The molecular weight excluding hydrogens is 174 g/mol. The summed E-state index contributed by atoms with van der Waals surface area (Å²) in [5.74, 6) is 0.0946. The molecule has 1 heterocycles. The van der Waals surface area contributed by atoms with E-state index < -0.39 is 5.60 Å². The van der Waals surface area contributed by atoms with Crippen molar-refractivity contribution in [1.82, 2.24) is 4.90 Å². The summed E-state index contributed by atoms with van der Waals surface area (Å²) < 4.78 is 0. The maximum atomic E-state index is 11.2. The fourth-order valence-corrected chi connectivity index (χ4v) is 1.72. The van der Waals surface area contributed by atoms with Crippen molar-refractivity contribution < 1.29 is 9.90 Å². The van der Waals surface area contributed by atoms with Crippen molar-refractivity contribution in [3.63, 3.8) is 0 Å². The Balaban J connectivity index is 2.49. The highest BCUT2D eigenvalue weighted by Crippen LogP contribution is 2.18. The highest BCUT2D eigenvalue weighted by molar-refractivity contribution is 7.81. The normalized spacial score (nSPS) is 25.2. The summed E-state index contributed by atoms with van der Waals surface area (Å²) in [5, 5.41) is 9.60. The van der Waals surface area contributed by atoms with Crippen LogP contribution in [0.5, 0.6) is 0 Å². The molecule has 1 amide bonds. The third kappa shape index (κ3) is 2.68. The van der Waals surface area contributed by atoms with Crippen LogP contribution in [0.15, 0.2) is 0 Å². The topological polar surface area (TPSA) is 40.5 Å². The molecule has 1 unspecified atom stereocenters. The molecule has 0 saturated carbocycles. The Labute approximate surface area is 78.2 Å². The smallest absolute Gasteiger partial charge is 0.223 e. The van der Waals surface area contributed by atoms with Gasteiger partial charge in [-0.15, -0.1) is 0 Å². The minimum Gasteiger partial charge on any atom is -0.389 e. The van der Waals surface area contributed by atoms with E-state index in [-0.39, 0.29) is 11.2 Å². The van der Waals surface area contributed by atoms with E-state index in [0.29, 0.717) is 19.5 Å². The lowest BCUT2D eigenvalue weighted by molar-refractivity contribution is -0.130. The van der Waals surface area contributed by atoms with Crippen molar-refractivity contribution in [2.45, 2.75) is 31.1 Å². The predicted molar refractivity (Wildman–Crippen MR) is 50.3 cm³/mol. The molecular formula is C8H15NO2S. The Hall–Kier alpha value is -0.220. The summed E-state index contributed by atoms with van der Waals surface area (Å²) in [6.07, 6.45) is 0.499. The van der Waals surface area contributed by atoms with E-state index in [1.807, 2.05) is 0 Å². The fraction of sp³-hybridized carbons (Fsp3) is 0.875. The molecule has 1 aliphatic heterocycles. The highest BCUT2D eigenvalue weighted by atomic mass is 32.1. The molecule has 1 N–H and O–H groups in total. The zero-order valence-electron chi connectivity index (χ0n) is 7.45. The first kappa shape index (κ1) is 9.86. The van der Waals surface area contributed by atoms with Gasteiger partial charge in [0.2, 0.25) is 5.91 Å². The van der Waals surface area contributed by atoms with Gasteiger partial charge in [0, 0.05) is 24.8 Å². The average molecular weight is 189 g/mol. The van der Waals surface area contributed by atoms with Crippen molar-refractivity contribution in [3.05, 3.63) is 0 Å². The molecule has 1 fully saturated rings. The Morgan fingerprint density at radius 2 is 2.33 bits per heavy atom. The molecule has 1 aliphatic rings. The monoisotopic (exact) mass is 189 g/mol. The van der Waals surface area contributed by atoms with Crippen molar-refractivity contribution in [1.29, 1.82) is 0 Å². The molecule has 1 rings (SSSR count). The van der Waals surface area contributed by atoms with E-state index in [9.17, 15) is 9.90 Å². The van der Waals surface area contributed by atoms with Gasteiger partial charge >= 0.3 is 0 Å². The molecule has 70 valence electrons. The number of likely N-dealkylation sites (tertiary alicyclic amines) is 1. The first-order chi connectivity index (χ1) is 5.38.